The lowest BCUT2D eigenvalue weighted by Crippen LogP contribution is -2.41. The van der Waals surface area contributed by atoms with E-state index in [0.717, 1.165) is 12.1 Å². The average Bonchev–Trinajstić information content (AvgIpc) is 2.17. The molecule has 0 amide bonds. The van der Waals surface area contributed by atoms with E-state index in [1.165, 1.54) is 0 Å². The number of aryl methyl sites for hydroxylation is 1. The smallest absolute Gasteiger partial charge is 0.235 e. The van der Waals surface area contributed by atoms with E-state index in [2.05, 4.69) is 9.97 Å². The van der Waals surface area contributed by atoms with Gasteiger partial charge in [0.1, 0.15) is 6.61 Å². The first-order valence-corrected chi connectivity index (χ1v) is 4.74. The van der Waals surface area contributed by atoms with Crippen LogP contribution in [0.25, 0.3) is 0 Å². The summed E-state index contributed by atoms with van der Waals surface area (Å²) in [5.74, 6) is 0.567. The van der Waals surface area contributed by atoms with Gasteiger partial charge in [0.25, 0.3) is 0 Å². The summed E-state index contributed by atoms with van der Waals surface area (Å²) in [6, 6.07) is 0. The van der Waals surface area contributed by atoms with Gasteiger partial charge in [-0.05, 0) is 20.3 Å². The van der Waals surface area contributed by atoms with Crippen LogP contribution < -0.4 is 10.5 Å². The highest BCUT2D eigenvalue weighted by Crippen LogP contribution is 2.12. The average molecular weight is 195 g/mol. The summed E-state index contributed by atoms with van der Waals surface area (Å²) in [4.78, 5) is 8.15. The fourth-order valence-electron chi connectivity index (χ4n) is 0.872. The molecule has 0 radical (unpaired) electrons. The summed E-state index contributed by atoms with van der Waals surface area (Å²) in [7, 11) is 0. The Hall–Kier alpha value is -1.16. The minimum absolute atomic E-state index is 0.302. The molecule has 4 heteroatoms. The Morgan fingerprint density at radius 3 is 2.64 bits per heavy atom. The molecule has 4 nitrogen and oxygen atoms in total. The van der Waals surface area contributed by atoms with E-state index in [1.807, 2.05) is 20.8 Å². The SMILES string of the molecule is CCC(C)(N)COc1nccnc1C. The van der Waals surface area contributed by atoms with E-state index in [9.17, 15) is 0 Å². The molecular weight excluding hydrogens is 178 g/mol. The van der Waals surface area contributed by atoms with Crippen LogP contribution in [0, 0.1) is 6.92 Å². The van der Waals surface area contributed by atoms with E-state index in [4.69, 9.17) is 10.5 Å². The monoisotopic (exact) mass is 195 g/mol. The summed E-state index contributed by atoms with van der Waals surface area (Å²) in [6.07, 6.45) is 4.12. The van der Waals surface area contributed by atoms with Gasteiger partial charge in [0.15, 0.2) is 0 Å². The number of hydrogen-bond donors (Lipinski definition) is 1. The van der Waals surface area contributed by atoms with Gasteiger partial charge in [0, 0.05) is 17.9 Å². The molecule has 0 aromatic carbocycles. The molecule has 1 rings (SSSR count). The quantitative estimate of drug-likeness (QED) is 0.786. The summed E-state index contributed by atoms with van der Waals surface area (Å²) >= 11 is 0. The standard InChI is InChI=1S/C10H17N3O/c1-4-10(3,11)7-14-9-8(2)12-5-6-13-9/h5-6H,4,7,11H2,1-3H3. The maximum absolute atomic E-state index is 5.94. The van der Waals surface area contributed by atoms with Crippen LogP contribution in [-0.4, -0.2) is 22.1 Å². The zero-order valence-corrected chi connectivity index (χ0v) is 8.95. The molecule has 1 atom stereocenters. The molecule has 0 fully saturated rings. The number of nitrogens with zero attached hydrogens (tertiary/aromatic N) is 2. The first kappa shape index (κ1) is 10.9. The van der Waals surface area contributed by atoms with Gasteiger partial charge >= 0.3 is 0 Å². The van der Waals surface area contributed by atoms with Crippen molar-refractivity contribution in [3.8, 4) is 5.88 Å². The Balaban J connectivity index is 2.58. The maximum atomic E-state index is 5.94. The summed E-state index contributed by atoms with van der Waals surface area (Å²) in [5.41, 5.74) is 6.43. The van der Waals surface area contributed by atoms with Crippen LogP contribution in [0.1, 0.15) is 26.0 Å². The van der Waals surface area contributed by atoms with E-state index in [1.54, 1.807) is 12.4 Å². The lowest BCUT2D eigenvalue weighted by atomic mass is 10.0. The molecule has 1 aromatic heterocycles. The minimum atomic E-state index is -0.302. The normalized spacial score (nSPS) is 14.9. The van der Waals surface area contributed by atoms with Crippen molar-refractivity contribution in [2.75, 3.05) is 6.61 Å². The lowest BCUT2D eigenvalue weighted by Gasteiger charge is -2.22. The highest BCUT2D eigenvalue weighted by atomic mass is 16.5. The Bertz CT molecular complexity index is 299. The van der Waals surface area contributed by atoms with E-state index >= 15 is 0 Å². The fraction of sp³-hybridized carbons (Fsp3) is 0.600. The first-order valence-electron chi connectivity index (χ1n) is 4.74. The molecule has 2 N–H and O–H groups in total. The highest BCUT2D eigenvalue weighted by molar-refractivity contribution is 5.15. The van der Waals surface area contributed by atoms with Crippen molar-refractivity contribution in [2.24, 2.45) is 5.73 Å². The fourth-order valence-corrected chi connectivity index (χ4v) is 0.872. The Morgan fingerprint density at radius 2 is 2.07 bits per heavy atom. The molecule has 14 heavy (non-hydrogen) atoms. The molecule has 78 valence electrons. The highest BCUT2D eigenvalue weighted by Gasteiger charge is 2.17. The molecule has 0 saturated heterocycles. The van der Waals surface area contributed by atoms with Gasteiger partial charge in [-0.1, -0.05) is 6.92 Å². The van der Waals surface area contributed by atoms with Crippen LogP contribution in [0.4, 0.5) is 0 Å². The number of ether oxygens (including phenoxy) is 1. The molecule has 0 aliphatic carbocycles. The van der Waals surface area contributed by atoms with E-state index in [0.29, 0.717) is 12.5 Å². The van der Waals surface area contributed by atoms with Gasteiger partial charge in [-0.25, -0.2) is 4.98 Å². The second kappa shape index (κ2) is 4.37. The van der Waals surface area contributed by atoms with Crippen molar-refractivity contribution in [3.63, 3.8) is 0 Å². The molecule has 1 unspecified atom stereocenters. The third-order valence-corrected chi connectivity index (χ3v) is 2.18. The van der Waals surface area contributed by atoms with Crippen molar-refractivity contribution in [1.82, 2.24) is 9.97 Å². The van der Waals surface area contributed by atoms with Crippen molar-refractivity contribution in [1.29, 1.82) is 0 Å². The second-order valence-corrected chi connectivity index (χ2v) is 3.74. The Labute approximate surface area is 84.5 Å². The van der Waals surface area contributed by atoms with Crippen LogP contribution >= 0.6 is 0 Å². The molecule has 0 aliphatic heterocycles. The molecule has 0 aliphatic rings. The predicted octanol–water partition coefficient (Wildman–Crippen LogP) is 1.29. The third kappa shape index (κ3) is 2.96. The van der Waals surface area contributed by atoms with Crippen LogP contribution in [0.5, 0.6) is 5.88 Å². The topological polar surface area (TPSA) is 61.0 Å². The Kier molecular flexibility index (Phi) is 3.41. The first-order chi connectivity index (χ1) is 6.55. The zero-order chi connectivity index (χ0) is 10.6. The molecule has 0 bridgehead atoms. The Morgan fingerprint density at radius 1 is 1.43 bits per heavy atom. The predicted molar refractivity (Wildman–Crippen MR) is 55.1 cm³/mol. The number of nitrogens with two attached hydrogens (primary N) is 1. The molecule has 1 aromatic rings. The van der Waals surface area contributed by atoms with Crippen molar-refractivity contribution in [3.05, 3.63) is 18.1 Å². The minimum Gasteiger partial charge on any atom is -0.474 e. The van der Waals surface area contributed by atoms with Gasteiger partial charge < -0.3 is 10.5 Å². The van der Waals surface area contributed by atoms with Crippen molar-refractivity contribution in [2.45, 2.75) is 32.7 Å². The van der Waals surface area contributed by atoms with E-state index in [-0.39, 0.29) is 5.54 Å². The van der Waals surface area contributed by atoms with Gasteiger partial charge in [0.2, 0.25) is 5.88 Å². The summed E-state index contributed by atoms with van der Waals surface area (Å²) in [6.45, 7) is 6.32. The van der Waals surface area contributed by atoms with Crippen LogP contribution in [0.2, 0.25) is 0 Å². The van der Waals surface area contributed by atoms with Crippen LogP contribution in [0.15, 0.2) is 12.4 Å². The summed E-state index contributed by atoms with van der Waals surface area (Å²) in [5, 5.41) is 0. The number of rotatable bonds is 4. The molecular formula is C10H17N3O. The van der Waals surface area contributed by atoms with Crippen LogP contribution in [0.3, 0.4) is 0 Å². The van der Waals surface area contributed by atoms with Gasteiger partial charge in [0.05, 0.1) is 5.69 Å². The van der Waals surface area contributed by atoms with Gasteiger partial charge in [-0.15, -0.1) is 0 Å². The summed E-state index contributed by atoms with van der Waals surface area (Å²) < 4.78 is 5.49. The molecule has 0 spiro atoms. The van der Waals surface area contributed by atoms with Crippen molar-refractivity contribution >= 4 is 0 Å². The van der Waals surface area contributed by atoms with E-state index < -0.39 is 0 Å². The van der Waals surface area contributed by atoms with Crippen molar-refractivity contribution < 1.29 is 4.74 Å². The lowest BCUT2D eigenvalue weighted by molar-refractivity contribution is 0.216. The third-order valence-electron chi connectivity index (χ3n) is 2.18. The van der Waals surface area contributed by atoms with Gasteiger partial charge in [-0.2, -0.15) is 0 Å². The maximum Gasteiger partial charge on any atom is 0.235 e. The number of hydrogen-bond acceptors (Lipinski definition) is 4. The number of aromatic nitrogens is 2. The zero-order valence-electron chi connectivity index (χ0n) is 8.95. The van der Waals surface area contributed by atoms with Gasteiger partial charge in [-0.3, -0.25) is 4.98 Å². The van der Waals surface area contributed by atoms with Crippen LogP contribution in [-0.2, 0) is 0 Å². The molecule has 1 heterocycles. The largest absolute Gasteiger partial charge is 0.474 e. The second-order valence-electron chi connectivity index (χ2n) is 3.74. The molecule has 0 saturated carbocycles.